The van der Waals surface area contributed by atoms with Crippen molar-refractivity contribution in [3.05, 3.63) is 34.3 Å². The minimum Gasteiger partial charge on any atom is -0.378 e. The summed E-state index contributed by atoms with van der Waals surface area (Å²) in [6.07, 6.45) is 2.94. The lowest BCUT2D eigenvalue weighted by Crippen LogP contribution is -2.70. The van der Waals surface area contributed by atoms with Crippen LogP contribution in [-0.4, -0.2) is 73.2 Å². The van der Waals surface area contributed by atoms with Gasteiger partial charge in [-0.25, -0.2) is 0 Å². The molecule has 4 rings (SSSR count). The number of aryl methyl sites for hydroxylation is 1. The Labute approximate surface area is 160 Å². The summed E-state index contributed by atoms with van der Waals surface area (Å²) in [5.74, 6) is 0.217. The molecule has 1 aromatic rings. The maximum atomic E-state index is 13.2. The Bertz CT molecular complexity index is 660. The Hall–Kier alpha value is -1.14. The quantitative estimate of drug-likeness (QED) is 0.873. The lowest BCUT2D eigenvalue weighted by molar-refractivity contribution is -0.142. The van der Waals surface area contributed by atoms with E-state index in [-0.39, 0.29) is 18.0 Å². The standard InChI is InChI=1S/C20H28ClN3O2/c1-14-10-15(4-5-16(14)21)11-19(25)24-9-6-22-17-12-26-13-18(20(17)24)23-7-2-3-8-23/h4-5,10,17-18,20,22H,2-3,6-9,11-13H2,1H3/t17-,18+,20+/m1/s1. The van der Waals surface area contributed by atoms with E-state index in [1.807, 2.05) is 25.1 Å². The van der Waals surface area contributed by atoms with Crippen molar-refractivity contribution >= 4 is 17.5 Å². The van der Waals surface area contributed by atoms with Crippen LogP contribution in [0.3, 0.4) is 0 Å². The molecule has 3 aliphatic heterocycles. The first-order chi connectivity index (χ1) is 12.6. The number of amides is 1. The summed E-state index contributed by atoms with van der Waals surface area (Å²) in [5, 5.41) is 4.33. The van der Waals surface area contributed by atoms with Crippen molar-refractivity contribution in [2.24, 2.45) is 0 Å². The molecule has 1 amide bonds. The van der Waals surface area contributed by atoms with E-state index in [9.17, 15) is 4.79 Å². The van der Waals surface area contributed by atoms with Crippen LogP contribution in [0.2, 0.25) is 5.02 Å². The van der Waals surface area contributed by atoms with Gasteiger partial charge < -0.3 is 15.0 Å². The van der Waals surface area contributed by atoms with Gasteiger partial charge >= 0.3 is 0 Å². The van der Waals surface area contributed by atoms with Crippen molar-refractivity contribution in [1.29, 1.82) is 0 Å². The monoisotopic (exact) mass is 377 g/mol. The van der Waals surface area contributed by atoms with Crippen molar-refractivity contribution in [1.82, 2.24) is 15.1 Å². The summed E-state index contributed by atoms with van der Waals surface area (Å²) in [5.41, 5.74) is 2.06. The van der Waals surface area contributed by atoms with Gasteiger partial charge in [-0.3, -0.25) is 9.69 Å². The zero-order valence-electron chi connectivity index (χ0n) is 15.4. The molecule has 3 heterocycles. The Kier molecular flexibility index (Phi) is 5.50. The number of fused-ring (bicyclic) bond motifs is 1. The number of hydrogen-bond donors (Lipinski definition) is 1. The van der Waals surface area contributed by atoms with Crippen LogP contribution in [0.1, 0.15) is 24.0 Å². The number of carbonyl (C=O) groups excluding carboxylic acids is 1. The Balaban J connectivity index is 1.52. The Morgan fingerprint density at radius 1 is 1.27 bits per heavy atom. The maximum Gasteiger partial charge on any atom is 0.227 e. The van der Waals surface area contributed by atoms with Gasteiger partial charge in [0, 0.05) is 18.1 Å². The number of nitrogens with one attached hydrogen (secondary N) is 1. The van der Waals surface area contributed by atoms with Gasteiger partial charge in [-0.1, -0.05) is 23.7 Å². The third kappa shape index (κ3) is 3.63. The molecule has 0 spiro atoms. The van der Waals surface area contributed by atoms with Crippen LogP contribution in [0.4, 0.5) is 0 Å². The Morgan fingerprint density at radius 2 is 2.08 bits per heavy atom. The van der Waals surface area contributed by atoms with E-state index >= 15 is 0 Å². The van der Waals surface area contributed by atoms with Crippen molar-refractivity contribution in [3.63, 3.8) is 0 Å². The van der Waals surface area contributed by atoms with Crippen LogP contribution in [0, 0.1) is 6.92 Å². The van der Waals surface area contributed by atoms with E-state index in [2.05, 4.69) is 15.1 Å². The van der Waals surface area contributed by atoms with Gasteiger partial charge in [0.2, 0.25) is 5.91 Å². The lowest BCUT2D eigenvalue weighted by Gasteiger charge is -2.50. The summed E-state index contributed by atoms with van der Waals surface area (Å²) in [6.45, 7) is 7.26. The normalized spacial score (nSPS) is 29.6. The predicted octanol–water partition coefficient (Wildman–Crippen LogP) is 1.85. The average molecular weight is 378 g/mol. The first-order valence-corrected chi connectivity index (χ1v) is 10.1. The van der Waals surface area contributed by atoms with Crippen LogP contribution in [-0.2, 0) is 16.0 Å². The van der Waals surface area contributed by atoms with Crippen LogP contribution >= 0.6 is 11.6 Å². The molecule has 26 heavy (non-hydrogen) atoms. The van der Waals surface area contributed by atoms with E-state index in [4.69, 9.17) is 16.3 Å². The molecule has 0 saturated carbocycles. The molecule has 0 bridgehead atoms. The third-order valence-corrected chi connectivity index (χ3v) is 6.44. The fourth-order valence-corrected chi connectivity index (χ4v) is 4.80. The summed E-state index contributed by atoms with van der Waals surface area (Å²) in [6, 6.07) is 6.63. The Morgan fingerprint density at radius 3 is 2.85 bits per heavy atom. The zero-order chi connectivity index (χ0) is 18.1. The molecule has 3 aliphatic rings. The molecule has 0 aliphatic carbocycles. The lowest BCUT2D eigenvalue weighted by atomic mass is 9.92. The molecule has 1 N–H and O–H groups in total. The molecule has 5 nitrogen and oxygen atoms in total. The molecule has 3 saturated heterocycles. The first kappa shape index (κ1) is 18.2. The first-order valence-electron chi connectivity index (χ1n) is 9.73. The van der Waals surface area contributed by atoms with Crippen LogP contribution in [0.5, 0.6) is 0 Å². The highest BCUT2D eigenvalue weighted by atomic mass is 35.5. The summed E-state index contributed by atoms with van der Waals surface area (Å²) in [7, 11) is 0. The second-order valence-electron chi connectivity index (χ2n) is 7.75. The fourth-order valence-electron chi connectivity index (χ4n) is 4.68. The summed E-state index contributed by atoms with van der Waals surface area (Å²) < 4.78 is 5.88. The van der Waals surface area contributed by atoms with E-state index in [0.29, 0.717) is 19.1 Å². The molecular weight excluding hydrogens is 350 g/mol. The van der Waals surface area contributed by atoms with Crippen molar-refractivity contribution in [3.8, 4) is 0 Å². The zero-order valence-corrected chi connectivity index (χ0v) is 16.2. The van der Waals surface area contributed by atoms with Gasteiger partial charge in [-0.05, 0) is 50.0 Å². The van der Waals surface area contributed by atoms with Crippen molar-refractivity contribution in [2.45, 2.75) is 44.3 Å². The smallest absolute Gasteiger partial charge is 0.227 e. The van der Waals surface area contributed by atoms with E-state index in [0.717, 1.165) is 48.9 Å². The number of carbonyl (C=O) groups is 1. The van der Waals surface area contributed by atoms with Gasteiger partial charge in [-0.2, -0.15) is 0 Å². The molecule has 0 unspecified atom stereocenters. The van der Waals surface area contributed by atoms with E-state index < -0.39 is 0 Å². The number of halogens is 1. The van der Waals surface area contributed by atoms with Crippen LogP contribution < -0.4 is 5.32 Å². The molecule has 0 radical (unpaired) electrons. The van der Waals surface area contributed by atoms with Gasteiger partial charge in [0.1, 0.15) is 0 Å². The number of ether oxygens (including phenoxy) is 1. The van der Waals surface area contributed by atoms with Gasteiger partial charge in [0.15, 0.2) is 0 Å². The predicted molar refractivity (Wildman–Crippen MR) is 103 cm³/mol. The number of piperazine rings is 1. The highest BCUT2D eigenvalue weighted by molar-refractivity contribution is 6.31. The number of rotatable bonds is 3. The second-order valence-corrected chi connectivity index (χ2v) is 8.15. The highest BCUT2D eigenvalue weighted by Gasteiger charge is 2.44. The van der Waals surface area contributed by atoms with Gasteiger partial charge in [0.05, 0.1) is 37.8 Å². The largest absolute Gasteiger partial charge is 0.378 e. The molecule has 6 heteroatoms. The number of nitrogens with zero attached hydrogens (tertiary/aromatic N) is 2. The maximum absolute atomic E-state index is 13.2. The minimum atomic E-state index is 0.205. The average Bonchev–Trinajstić information content (AvgIpc) is 3.18. The van der Waals surface area contributed by atoms with Gasteiger partial charge in [0.25, 0.3) is 0 Å². The van der Waals surface area contributed by atoms with E-state index in [1.54, 1.807) is 0 Å². The molecule has 142 valence electrons. The van der Waals surface area contributed by atoms with Crippen molar-refractivity contribution < 1.29 is 9.53 Å². The molecular formula is C20H28ClN3O2. The minimum absolute atomic E-state index is 0.205. The van der Waals surface area contributed by atoms with Crippen LogP contribution in [0.15, 0.2) is 18.2 Å². The number of likely N-dealkylation sites (tertiary alicyclic amines) is 1. The second kappa shape index (κ2) is 7.85. The highest BCUT2D eigenvalue weighted by Crippen LogP contribution is 2.26. The molecule has 0 aromatic heterocycles. The van der Waals surface area contributed by atoms with E-state index in [1.165, 1.54) is 12.8 Å². The van der Waals surface area contributed by atoms with Gasteiger partial charge in [-0.15, -0.1) is 0 Å². The SMILES string of the molecule is Cc1cc(CC(=O)N2CCN[C@@H]3COC[C@H](N4CCCC4)[C@H]32)ccc1Cl. The topological polar surface area (TPSA) is 44.8 Å². The summed E-state index contributed by atoms with van der Waals surface area (Å²) in [4.78, 5) is 17.8. The fraction of sp³-hybridized carbons (Fsp3) is 0.650. The molecule has 3 fully saturated rings. The van der Waals surface area contributed by atoms with Crippen LogP contribution in [0.25, 0.3) is 0 Å². The number of benzene rings is 1. The van der Waals surface area contributed by atoms with Crippen molar-refractivity contribution in [2.75, 3.05) is 39.4 Å². The number of hydrogen-bond acceptors (Lipinski definition) is 4. The molecule has 3 atom stereocenters. The molecule has 1 aromatic carbocycles. The summed E-state index contributed by atoms with van der Waals surface area (Å²) >= 11 is 6.13. The third-order valence-electron chi connectivity index (χ3n) is 6.02.